The van der Waals surface area contributed by atoms with Gasteiger partial charge in [0.1, 0.15) is 0 Å². The molecule has 8 rings (SSSR count). The molecule has 0 radical (unpaired) electrons. The number of benzene rings is 6. The molecule has 0 amide bonds. The molecule has 6 unspecified atom stereocenters. The third-order valence-electron chi connectivity index (χ3n) is 15.3. The van der Waals surface area contributed by atoms with Crippen molar-refractivity contribution in [3.05, 3.63) is 189 Å². The van der Waals surface area contributed by atoms with Gasteiger partial charge < -0.3 is 9.80 Å². The first kappa shape index (κ1) is 73.0. The summed E-state index contributed by atoms with van der Waals surface area (Å²) >= 11 is 0. The van der Waals surface area contributed by atoms with Crippen LogP contribution in [0.5, 0.6) is 0 Å². The van der Waals surface area contributed by atoms with E-state index in [9.17, 15) is 105 Å². The molecule has 0 N–H and O–H groups in total. The fourth-order valence-electron chi connectivity index (χ4n) is 11.8. The maximum absolute atomic E-state index is 13.9. The van der Waals surface area contributed by atoms with E-state index in [1.54, 1.807) is 98.7 Å². The Hall–Kier alpha value is -5.06. The fraction of sp³-hybridized carbons (Fsp3) is 0.400. The van der Waals surface area contributed by atoms with Gasteiger partial charge in [0.15, 0.2) is 0 Å². The van der Waals surface area contributed by atoms with Crippen molar-refractivity contribution in [3.8, 4) is 0 Å². The second kappa shape index (κ2) is 27.3. The molecule has 2 aliphatic carbocycles. The van der Waals surface area contributed by atoms with Crippen LogP contribution >= 0.6 is 15.8 Å². The van der Waals surface area contributed by atoms with Gasteiger partial charge in [-0.05, 0) is 198 Å². The summed E-state index contributed by atoms with van der Waals surface area (Å²) in [6.45, 7) is 0. The normalized spacial score (nSPS) is 19.0. The summed E-state index contributed by atoms with van der Waals surface area (Å²) < 4.78 is 333. The van der Waals surface area contributed by atoms with Crippen LogP contribution in [-0.4, -0.2) is 49.3 Å². The molecule has 0 saturated heterocycles. The average molecular weight is 1370 g/mol. The molecule has 2 nitrogen and oxygen atoms in total. The van der Waals surface area contributed by atoms with Gasteiger partial charge in [-0.25, -0.2) is 0 Å². The van der Waals surface area contributed by atoms with Crippen LogP contribution < -0.4 is 21.2 Å². The summed E-state index contributed by atoms with van der Waals surface area (Å²) in [4.78, 5) is 3.57. The smallest absolute Gasteiger partial charge is 0.302 e. The zero-order valence-corrected chi connectivity index (χ0v) is 49.5. The quantitative estimate of drug-likeness (QED) is 0.0684. The zero-order valence-electron chi connectivity index (χ0n) is 46.6. The van der Waals surface area contributed by atoms with Crippen LogP contribution in [0.2, 0.25) is 0 Å². The summed E-state index contributed by atoms with van der Waals surface area (Å²) in [5.74, 6) is -1.04. The van der Waals surface area contributed by atoms with E-state index in [0.29, 0.717) is 74.2 Å². The van der Waals surface area contributed by atoms with Gasteiger partial charge in [-0.3, -0.25) is 0 Å². The van der Waals surface area contributed by atoms with Gasteiger partial charge in [0.05, 0.1) is 44.5 Å². The fourth-order valence-corrected chi connectivity index (χ4v) is 18.5. The third-order valence-corrected chi connectivity index (χ3v) is 21.2. The van der Waals surface area contributed by atoms with Crippen molar-refractivity contribution in [2.45, 2.75) is 111 Å². The number of nitrogens with zero attached hydrogens (tertiary/aromatic N) is 2. The van der Waals surface area contributed by atoms with Gasteiger partial charge in [0, 0.05) is 29.2 Å². The standard InChI is InChI=1S/2C30H26F12NP.Fe/c2*1-43(2)26(17-7-4-3-5-8-17)24-9-6-10-25(24)44(22-13-18(27(31,32)33)11-19(14-22)28(34,35)36)23-15-20(29(37,38)39)12-21(16-23)30(40,41)42;/h2*3-5,7-8,11-16,24-26H,6,9-10H2,1-2H3;. The van der Waals surface area contributed by atoms with Gasteiger partial charge in [-0.2, -0.15) is 105 Å². The predicted molar refractivity (Wildman–Crippen MR) is 286 cm³/mol. The Labute approximate surface area is 508 Å². The van der Waals surface area contributed by atoms with Crippen LogP contribution in [0.15, 0.2) is 133 Å². The molecular weight excluding hydrogens is 1320 g/mol. The second-order valence-corrected chi connectivity index (χ2v) is 26.6. The van der Waals surface area contributed by atoms with Crippen molar-refractivity contribution in [3.63, 3.8) is 0 Å². The minimum absolute atomic E-state index is 0. The molecule has 6 aromatic rings. The first-order valence-corrected chi connectivity index (χ1v) is 29.4. The first-order chi connectivity index (χ1) is 40.3. The van der Waals surface area contributed by atoms with Crippen LogP contribution in [0.1, 0.15) is 106 Å². The largest absolute Gasteiger partial charge is 0.416 e. The van der Waals surface area contributed by atoms with Crippen molar-refractivity contribution >= 4 is 37.1 Å². The average Bonchev–Trinajstić information content (AvgIpc) is 1.84. The van der Waals surface area contributed by atoms with Gasteiger partial charge in [-0.1, -0.05) is 73.5 Å². The van der Waals surface area contributed by atoms with Crippen molar-refractivity contribution in [2.75, 3.05) is 28.2 Å². The van der Waals surface area contributed by atoms with E-state index in [-0.39, 0.29) is 54.2 Å². The number of hydrogen-bond acceptors (Lipinski definition) is 2. The molecule has 2 fully saturated rings. The Morgan fingerprint density at radius 1 is 0.303 bits per heavy atom. The van der Waals surface area contributed by atoms with Gasteiger partial charge in [0.2, 0.25) is 0 Å². The Morgan fingerprint density at radius 2 is 0.494 bits per heavy atom. The molecule has 6 atom stereocenters. The minimum atomic E-state index is -5.27. The Morgan fingerprint density at radius 3 is 0.663 bits per heavy atom. The number of rotatable bonds is 12. The monoisotopic (exact) mass is 1370 g/mol. The molecule has 2 aliphatic rings. The Bertz CT molecular complexity index is 2830. The molecule has 488 valence electrons. The van der Waals surface area contributed by atoms with Crippen LogP contribution in [0, 0.1) is 11.8 Å². The molecule has 29 heteroatoms. The third kappa shape index (κ3) is 17.8. The molecular formula is C60H52F24FeN2P2. The summed E-state index contributed by atoms with van der Waals surface area (Å²) in [7, 11) is 1.57. The van der Waals surface area contributed by atoms with Crippen molar-refractivity contribution in [1.82, 2.24) is 9.80 Å². The topological polar surface area (TPSA) is 6.48 Å². The molecule has 89 heavy (non-hydrogen) atoms. The Balaban J connectivity index is 0.000000281. The summed E-state index contributed by atoms with van der Waals surface area (Å²) in [6.07, 6.45) is -40.2. The first-order valence-electron chi connectivity index (χ1n) is 26.5. The van der Waals surface area contributed by atoms with Crippen molar-refractivity contribution < 1.29 is 122 Å². The van der Waals surface area contributed by atoms with E-state index in [1.165, 1.54) is 0 Å². The van der Waals surface area contributed by atoms with Gasteiger partial charge >= 0.3 is 49.4 Å². The summed E-state index contributed by atoms with van der Waals surface area (Å²) in [6, 6.07) is 19.5. The number of hydrogen-bond donors (Lipinski definition) is 0. The van der Waals surface area contributed by atoms with Gasteiger partial charge in [0.25, 0.3) is 0 Å². The second-order valence-electron chi connectivity index (χ2n) is 21.8. The Kier molecular flexibility index (Phi) is 22.4. The van der Waals surface area contributed by atoms with E-state index in [1.807, 2.05) is 0 Å². The van der Waals surface area contributed by atoms with E-state index < -0.39 is 166 Å². The van der Waals surface area contributed by atoms with Crippen LogP contribution in [0.3, 0.4) is 0 Å². The molecule has 0 aliphatic heterocycles. The van der Waals surface area contributed by atoms with Crippen molar-refractivity contribution in [1.29, 1.82) is 0 Å². The number of alkyl halides is 24. The van der Waals surface area contributed by atoms with Crippen LogP contribution in [0.4, 0.5) is 105 Å². The van der Waals surface area contributed by atoms with E-state index >= 15 is 0 Å². The molecule has 0 heterocycles. The SMILES string of the molecule is CN(C)C(c1ccccc1)C1CCCC1P(c1cc(C(F)(F)F)cc(C(F)(F)F)c1)c1cc(C(F)(F)F)cc(C(F)(F)F)c1.CN(C)C(c1ccccc1)C1CCCC1P(c1cc(C(F)(F)F)cc(C(F)(F)F)c1)c1cc(C(F)(F)F)cc(C(F)(F)F)c1.[Fe]. The van der Waals surface area contributed by atoms with Gasteiger partial charge in [-0.15, -0.1) is 0 Å². The maximum Gasteiger partial charge on any atom is 0.416 e. The molecule has 0 bridgehead atoms. The molecule has 2 saturated carbocycles. The molecule has 6 aromatic carbocycles. The maximum atomic E-state index is 13.9. The van der Waals surface area contributed by atoms with Crippen LogP contribution in [0.25, 0.3) is 0 Å². The van der Waals surface area contributed by atoms with E-state index in [0.717, 1.165) is 11.1 Å². The summed E-state index contributed by atoms with van der Waals surface area (Å²) in [5, 5.41) is -2.40. The van der Waals surface area contributed by atoms with Crippen molar-refractivity contribution in [2.24, 2.45) is 11.8 Å². The predicted octanol–water partition coefficient (Wildman–Crippen LogP) is 19.3. The van der Waals surface area contributed by atoms with Crippen LogP contribution in [-0.2, 0) is 66.5 Å². The minimum Gasteiger partial charge on any atom is -0.302 e. The summed E-state index contributed by atoms with van der Waals surface area (Å²) in [5.41, 5.74) is -13.8. The zero-order chi connectivity index (χ0) is 65.7. The van der Waals surface area contributed by atoms with E-state index in [2.05, 4.69) is 0 Å². The van der Waals surface area contributed by atoms with E-state index in [4.69, 9.17) is 0 Å². The number of halogens is 24. The molecule has 0 spiro atoms. The molecule has 0 aromatic heterocycles.